The standard InChI is InChI=1S/C31H26N4O3S2/c36-25(16-20-10-4-1-5-11-20)34-26-29(37)35-27(24(19-40-30(26)35)23-17-32-33-18-23)31(39)38-28(21-12-6-2-7-13-21)22-14-8-3-9-15-22/h1-15,17-18,26,28,30H,16,19H2,(H,32,33)(H,34,36)/t26-,30-/m1/s1. The van der Waals surface area contributed by atoms with Crippen LogP contribution in [0.1, 0.15) is 28.4 Å². The van der Waals surface area contributed by atoms with Gasteiger partial charge < -0.3 is 10.1 Å². The minimum Gasteiger partial charge on any atom is -0.469 e. The summed E-state index contributed by atoms with van der Waals surface area (Å²) in [5.41, 5.74) is 5.05. The molecule has 7 nitrogen and oxygen atoms in total. The van der Waals surface area contributed by atoms with Gasteiger partial charge in [0, 0.05) is 23.1 Å². The number of ether oxygens (including phenoxy) is 1. The lowest BCUT2D eigenvalue weighted by Gasteiger charge is -2.50. The molecule has 0 unspecified atom stereocenters. The van der Waals surface area contributed by atoms with E-state index in [0.717, 1.165) is 27.8 Å². The average Bonchev–Trinajstić information content (AvgIpc) is 3.54. The van der Waals surface area contributed by atoms with Gasteiger partial charge in [-0.3, -0.25) is 19.6 Å². The van der Waals surface area contributed by atoms with Crippen LogP contribution in [0.4, 0.5) is 0 Å². The number of benzene rings is 3. The second kappa shape index (κ2) is 11.5. The molecule has 2 aliphatic heterocycles. The van der Waals surface area contributed by atoms with Crippen LogP contribution in [0, 0.1) is 0 Å². The van der Waals surface area contributed by atoms with Crippen LogP contribution in [0.2, 0.25) is 0 Å². The number of carbonyl (C=O) groups is 2. The van der Waals surface area contributed by atoms with Crippen molar-refractivity contribution in [3.8, 4) is 0 Å². The number of H-pyrrole nitrogens is 1. The third-order valence-electron chi connectivity index (χ3n) is 6.96. The fraction of sp³-hybridized carbons (Fsp3) is 0.161. The Bertz CT molecular complexity index is 1500. The molecule has 0 aliphatic carbocycles. The van der Waals surface area contributed by atoms with Crippen LogP contribution in [0.5, 0.6) is 0 Å². The SMILES string of the molecule is O=C(Cc1ccccc1)N[C@@H]1C(=O)N2C(C(=S)OC(c3ccccc3)c3ccccc3)=C(c3cn[nH]c3)CS[C@H]12. The van der Waals surface area contributed by atoms with Gasteiger partial charge in [0.05, 0.1) is 12.6 Å². The maximum Gasteiger partial charge on any atom is 0.253 e. The minimum atomic E-state index is -0.635. The summed E-state index contributed by atoms with van der Waals surface area (Å²) in [6, 6.07) is 28.6. The molecule has 2 atom stereocenters. The number of hydrogen-bond donors (Lipinski definition) is 2. The van der Waals surface area contributed by atoms with Gasteiger partial charge in [0.25, 0.3) is 5.91 Å². The van der Waals surface area contributed by atoms with Crippen LogP contribution >= 0.6 is 24.0 Å². The number of β-lactam (4-membered cyclic amide) rings is 1. The quantitative estimate of drug-likeness (QED) is 0.233. The Morgan fingerprint density at radius 2 is 1.65 bits per heavy atom. The summed E-state index contributed by atoms with van der Waals surface area (Å²) in [5.74, 6) is 0.179. The summed E-state index contributed by atoms with van der Waals surface area (Å²) in [6.45, 7) is 0. The van der Waals surface area contributed by atoms with E-state index in [1.54, 1.807) is 29.1 Å². The first-order chi connectivity index (χ1) is 19.6. The maximum absolute atomic E-state index is 13.6. The molecule has 1 fully saturated rings. The molecule has 0 bridgehead atoms. The topological polar surface area (TPSA) is 87.3 Å². The van der Waals surface area contributed by atoms with E-state index in [4.69, 9.17) is 17.0 Å². The van der Waals surface area contributed by atoms with Crippen molar-refractivity contribution < 1.29 is 14.3 Å². The van der Waals surface area contributed by atoms with Gasteiger partial charge in [-0.1, -0.05) is 91.0 Å². The zero-order valence-electron chi connectivity index (χ0n) is 21.4. The van der Waals surface area contributed by atoms with E-state index in [1.807, 2.05) is 91.0 Å². The fourth-order valence-corrected chi connectivity index (χ4v) is 6.69. The molecule has 6 rings (SSSR count). The van der Waals surface area contributed by atoms with E-state index in [0.29, 0.717) is 11.4 Å². The molecule has 200 valence electrons. The van der Waals surface area contributed by atoms with Crippen LogP contribution in [0.3, 0.4) is 0 Å². The lowest BCUT2D eigenvalue weighted by atomic mass is 9.99. The van der Waals surface area contributed by atoms with Gasteiger partial charge >= 0.3 is 0 Å². The lowest BCUT2D eigenvalue weighted by molar-refractivity contribution is -0.145. The van der Waals surface area contributed by atoms with Crippen LogP contribution in [-0.4, -0.2) is 49.1 Å². The normalized spacial score (nSPS) is 18.2. The molecule has 1 saturated heterocycles. The van der Waals surface area contributed by atoms with Gasteiger partial charge in [0.15, 0.2) is 0 Å². The van der Waals surface area contributed by atoms with Crippen LogP contribution < -0.4 is 5.32 Å². The second-order valence-electron chi connectivity index (χ2n) is 9.54. The predicted octanol–water partition coefficient (Wildman–Crippen LogP) is 4.90. The van der Waals surface area contributed by atoms with E-state index >= 15 is 0 Å². The van der Waals surface area contributed by atoms with E-state index in [2.05, 4.69) is 15.5 Å². The molecule has 0 spiro atoms. The summed E-state index contributed by atoms with van der Waals surface area (Å²) >= 11 is 7.52. The smallest absolute Gasteiger partial charge is 0.253 e. The predicted molar refractivity (Wildman–Crippen MR) is 159 cm³/mol. The number of aromatic nitrogens is 2. The number of nitrogens with one attached hydrogen (secondary N) is 2. The van der Waals surface area contributed by atoms with E-state index in [9.17, 15) is 9.59 Å². The van der Waals surface area contributed by atoms with Crippen molar-refractivity contribution in [3.63, 3.8) is 0 Å². The lowest BCUT2D eigenvalue weighted by Crippen LogP contribution is -2.70. The molecule has 3 aromatic carbocycles. The number of fused-ring (bicyclic) bond motifs is 1. The van der Waals surface area contributed by atoms with Crippen molar-refractivity contribution in [3.05, 3.63) is 131 Å². The highest BCUT2D eigenvalue weighted by atomic mass is 32.2. The summed E-state index contributed by atoms with van der Waals surface area (Å²) in [6.07, 6.45) is 3.25. The molecule has 1 aromatic heterocycles. The Labute approximate surface area is 241 Å². The average molecular weight is 567 g/mol. The number of nitrogens with zero attached hydrogens (tertiary/aromatic N) is 2. The summed E-state index contributed by atoms with van der Waals surface area (Å²) in [4.78, 5) is 28.0. The molecular weight excluding hydrogens is 541 g/mol. The fourth-order valence-electron chi connectivity index (χ4n) is 5.00. The zero-order chi connectivity index (χ0) is 27.5. The van der Waals surface area contributed by atoms with Crippen molar-refractivity contribution in [2.45, 2.75) is 23.9 Å². The van der Waals surface area contributed by atoms with Gasteiger partial charge in [0.2, 0.25) is 11.0 Å². The number of thiocarbonyl (C=S) groups is 1. The van der Waals surface area contributed by atoms with Crippen LogP contribution in [0.25, 0.3) is 5.57 Å². The minimum absolute atomic E-state index is 0.192. The number of amides is 2. The number of rotatable bonds is 8. The second-order valence-corrected chi connectivity index (χ2v) is 11.0. The van der Waals surface area contributed by atoms with Crippen LogP contribution in [-0.2, 0) is 20.7 Å². The Morgan fingerprint density at radius 3 is 2.25 bits per heavy atom. The zero-order valence-corrected chi connectivity index (χ0v) is 23.0. The first-order valence-corrected chi connectivity index (χ1v) is 14.4. The molecule has 0 radical (unpaired) electrons. The summed E-state index contributed by atoms with van der Waals surface area (Å²) in [7, 11) is 0. The Morgan fingerprint density at radius 1 is 1.02 bits per heavy atom. The first-order valence-electron chi connectivity index (χ1n) is 12.9. The van der Waals surface area contributed by atoms with Gasteiger partial charge in [-0.15, -0.1) is 11.8 Å². The highest BCUT2D eigenvalue weighted by Gasteiger charge is 2.54. The molecule has 40 heavy (non-hydrogen) atoms. The number of hydrogen-bond acceptors (Lipinski definition) is 6. The molecule has 4 aromatic rings. The van der Waals surface area contributed by atoms with Crippen molar-refractivity contribution in [1.29, 1.82) is 0 Å². The molecular formula is C31H26N4O3S2. The number of carbonyl (C=O) groups excluding carboxylic acids is 2. The van der Waals surface area contributed by atoms with E-state index < -0.39 is 12.1 Å². The summed E-state index contributed by atoms with van der Waals surface area (Å²) in [5, 5.41) is 9.84. The van der Waals surface area contributed by atoms with Gasteiger partial charge in [-0.05, 0) is 28.9 Å². The van der Waals surface area contributed by atoms with Gasteiger partial charge in [-0.25, -0.2) is 0 Å². The van der Waals surface area contributed by atoms with Crippen molar-refractivity contribution in [2.24, 2.45) is 0 Å². The van der Waals surface area contributed by atoms with Gasteiger partial charge in [-0.2, -0.15) is 5.10 Å². The highest BCUT2D eigenvalue weighted by molar-refractivity contribution is 8.00. The first kappa shape index (κ1) is 26.0. The molecule has 2 amide bonds. The highest BCUT2D eigenvalue weighted by Crippen LogP contribution is 2.44. The Kier molecular flexibility index (Phi) is 7.48. The number of thioether (sulfide) groups is 1. The monoisotopic (exact) mass is 566 g/mol. The largest absolute Gasteiger partial charge is 0.469 e. The molecule has 2 N–H and O–H groups in total. The third-order valence-corrected chi connectivity index (χ3v) is 8.53. The molecule has 3 heterocycles. The van der Waals surface area contributed by atoms with Crippen molar-refractivity contribution in [1.82, 2.24) is 20.4 Å². The Hall–Kier alpha value is -4.21. The van der Waals surface area contributed by atoms with Crippen molar-refractivity contribution in [2.75, 3.05) is 5.75 Å². The number of aromatic amines is 1. The maximum atomic E-state index is 13.6. The summed E-state index contributed by atoms with van der Waals surface area (Å²) < 4.78 is 6.54. The third kappa shape index (κ3) is 5.17. The molecule has 2 aliphatic rings. The van der Waals surface area contributed by atoms with Gasteiger partial charge in [0.1, 0.15) is 23.2 Å². The molecule has 9 heteroatoms. The molecule has 0 saturated carbocycles. The van der Waals surface area contributed by atoms with Crippen LogP contribution in [0.15, 0.2) is 109 Å². The van der Waals surface area contributed by atoms with E-state index in [-0.39, 0.29) is 28.7 Å². The van der Waals surface area contributed by atoms with Crippen molar-refractivity contribution >= 4 is 46.4 Å². The Balaban J connectivity index is 1.28. The van der Waals surface area contributed by atoms with E-state index in [1.165, 1.54) is 0 Å².